The molecular weight excluding hydrogens is 517 g/mol. The van der Waals surface area contributed by atoms with Gasteiger partial charge in [-0.3, -0.25) is 9.69 Å². The molecule has 1 aliphatic heterocycles. The summed E-state index contributed by atoms with van der Waals surface area (Å²) >= 11 is 0. The second kappa shape index (κ2) is 10.9. The van der Waals surface area contributed by atoms with E-state index in [-0.39, 0.29) is 30.9 Å². The van der Waals surface area contributed by atoms with Crippen LogP contribution in [0.4, 0.5) is 39.5 Å². The molecule has 2 aromatic carbocycles. The van der Waals surface area contributed by atoms with Gasteiger partial charge in [-0.1, -0.05) is 24.3 Å². The first-order valence-electron chi connectivity index (χ1n) is 11.4. The highest BCUT2D eigenvalue weighted by Gasteiger charge is 2.39. The minimum atomic E-state index is -4.64. The van der Waals surface area contributed by atoms with Crippen molar-refractivity contribution in [3.8, 4) is 0 Å². The van der Waals surface area contributed by atoms with E-state index >= 15 is 0 Å². The molecule has 1 N–H and O–H groups in total. The maximum absolute atomic E-state index is 13.2. The molecule has 0 radical (unpaired) electrons. The Morgan fingerprint density at radius 1 is 0.865 bits per heavy atom. The Morgan fingerprint density at radius 3 is 1.84 bits per heavy atom. The summed E-state index contributed by atoms with van der Waals surface area (Å²) in [5, 5.41) is 9.21. The summed E-state index contributed by atoms with van der Waals surface area (Å²) in [5.74, 6) is -1.46. The molecule has 0 aromatic heterocycles. The van der Waals surface area contributed by atoms with Gasteiger partial charge in [0.05, 0.1) is 11.1 Å². The van der Waals surface area contributed by atoms with E-state index in [4.69, 9.17) is 0 Å². The minimum Gasteiger partial charge on any atom is -0.481 e. The van der Waals surface area contributed by atoms with Crippen LogP contribution in [-0.2, 0) is 17.1 Å². The van der Waals surface area contributed by atoms with E-state index in [0.717, 1.165) is 36.4 Å². The maximum atomic E-state index is 13.2. The predicted molar refractivity (Wildman–Crippen MR) is 115 cm³/mol. The predicted octanol–water partition coefficient (Wildman–Crippen LogP) is 8.04. The summed E-state index contributed by atoms with van der Waals surface area (Å²) < 4.78 is 118. The Morgan fingerprint density at radius 2 is 1.38 bits per heavy atom. The molecule has 3 nitrogen and oxygen atoms in total. The number of carbonyl (C=O) groups is 1. The number of nitrogens with zero attached hydrogens (tertiary/aromatic N) is 1. The van der Waals surface area contributed by atoms with Gasteiger partial charge in [0.1, 0.15) is 0 Å². The molecule has 37 heavy (non-hydrogen) atoms. The van der Waals surface area contributed by atoms with Crippen LogP contribution in [-0.4, -0.2) is 28.7 Å². The highest BCUT2D eigenvalue weighted by atomic mass is 19.4. The van der Waals surface area contributed by atoms with E-state index in [1.165, 1.54) is 12.1 Å². The molecule has 0 spiro atoms. The standard InChI is InChI=1S/C25H24F9NO2/c26-23(27,28)11-9-20(16-1-5-18(6-2-16)24(29,30)31)35-12-10-15(14-22(36)37)13-21(35)17-3-7-19(8-4-17)25(32,33)34/h1-8,15,20-21H,9-14H2,(H,36,37)/t15-,20+,21-/m0/s1. The topological polar surface area (TPSA) is 40.5 Å². The van der Waals surface area contributed by atoms with Crippen molar-refractivity contribution in [1.82, 2.24) is 4.90 Å². The van der Waals surface area contributed by atoms with Gasteiger partial charge in [0.25, 0.3) is 0 Å². The van der Waals surface area contributed by atoms with Crippen molar-refractivity contribution in [2.24, 2.45) is 5.92 Å². The van der Waals surface area contributed by atoms with Crippen LogP contribution >= 0.6 is 0 Å². The van der Waals surface area contributed by atoms with Gasteiger partial charge in [-0.25, -0.2) is 0 Å². The lowest BCUT2D eigenvalue weighted by molar-refractivity contribution is -0.141. The van der Waals surface area contributed by atoms with Gasteiger partial charge >= 0.3 is 24.5 Å². The van der Waals surface area contributed by atoms with Gasteiger partial charge in [0, 0.05) is 24.9 Å². The van der Waals surface area contributed by atoms with Gasteiger partial charge in [0.2, 0.25) is 0 Å². The fourth-order valence-electron chi connectivity index (χ4n) is 4.80. The third-order valence-corrected chi connectivity index (χ3v) is 6.56. The Bertz CT molecular complexity index is 1040. The summed E-state index contributed by atoms with van der Waals surface area (Å²) in [6.07, 6.45) is -15.3. The molecule has 2 aromatic rings. The largest absolute Gasteiger partial charge is 0.481 e. The second-order valence-corrected chi connectivity index (χ2v) is 9.15. The highest BCUT2D eigenvalue weighted by molar-refractivity contribution is 5.67. The van der Waals surface area contributed by atoms with Crippen LogP contribution in [0, 0.1) is 5.92 Å². The molecule has 0 bridgehead atoms. The third kappa shape index (κ3) is 7.86. The number of carboxylic acid groups (broad SMARTS) is 1. The van der Waals surface area contributed by atoms with E-state index < -0.39 is 60.6 Å². The summed E-state index contributed by atoms with van der Waals surface area (Å²) in [5.41, 5.74) is -1.33. The fraction of sp³-hybridized carbons (Fsp3) is 0.480. The summed E-state index contributed by atoms with van der Waals surface area (Å²) in [6, 6.07) is 6.14. The quantitative estimate of drug-likeness (QED) is 0.361. The molecule has 1 saturated heterocycles. The first-order valence-corrected chi connectivity index (χ1v) is 11.4. The molecule has 1 heterocycles. The number of likely N-dealkylation sites (tertiary alicyclic amines) is 1. The van der Waals surface area contributed by atoms with Gasteiger partial charge in [-0.05, 0) is 67.1 Å². The number of hydrogen-bond donors (Lipinski definition) is 1. The molecule has 1 aliphatic rings. The summed E-state index contributed by atoms with van der Waals surface area (Å²) in [6.45, 7) is 0.118. The number of halogens is 9. The molecule has 0 unspecified atom stereocenters. The highest BCUT2D eigenvalue weighted by Crippen LogP contribution is 2.44. The van der Waals surface area contributed by atoms with E-state index in [1.807, 2.05) is 0 Å². The zero-order chi connectivity index (χ0) is 27.6. The van der Waals surface area contributed by atoms with Crippen molar-refractivity contribution >= 4 is 5.97 Å². The Kier molecular flexibility index (Phi) is 8.50. The molecule has 0 aliphatic carbocycles. The zero-order valence-corrected chi connectivity index (χ0v) is 19.3. The zero-order valence-electron chi connectivity index (χ0n) is 19.3. The minimum absolute atomic E-state index is 0.118. The molecule has 204 valence electrons. The van der Waals surface area contributed by atoms with E-state index in [1.54, 1.807) is 4.90 Å². The third-order valence-electron chi connectivity index (χ3n) is 6.56. The first kappa shape index (κ1) is 28.8. The van der Waals surface area contributed by atoms with Crippen molar-refractivity contribution in [3.05, 3.63) is 70.8 Å². The lowest BCUT2D eigenvalue weighted by Crippen LogP contribution is -2.40. The Balaban J connectivity index is 2.01. The molecule has 12 heteroatoms. The average molecular weight is 541 g/mol. The van der Waals surface area contributed by atoms with Crippen LogP contribution in [0.25, 0.3) is 0 Å². The van der Waals surface area contributed by atoms with Gasteiger partial charge in [-0.15, -0.1) is 0 Å². The molecule has 0 saturated carbocycles. The van der Waals surface area contributed by atoms with E-state index in [9.17, 15) is 49.4 Å². The van der Waals surface area contributed by atoms with Crippen LogP contribution < -0.4 is 0 Å². The van der Waals surface area contributed by atoms with Gasteiger partial charge in [-0.2, -0.15) is 39.5 Å². The number of carboxylic acids is 1. The number of piperidine rings is 1. The van der Waals surface area contributed by atoms with Crippen molar-refractivity contribution in [2.75, 3.05) is 6.54 Å². The molecule has 0 amide bonds. The summed E-state index contributed by atoms with van der Waals surface area (Å²) in [7, 11) is 0. The number of alkyl halides is 9. The first-order chi connectivity index (χ1) is 17.0. The number of hydrogen-bond acceptors (Lipinski definition) is 2. The molecular formula is C25H24F9NO2. The van der Waals surface area contributed by atoms with Gasteiger partial charge < -0.3 is 5.11 Å². The normalized spacial score (nSPS) is 20.6. The second-order valence-electron chi connectivity index (χ2n) is 9.15. The smallest absolute Gasteiger partial charge is 0.416 e. The number of benzene rings is 2. The number of rotatable bonds is 7. The van der Waals surface area contributed by atoms with Crippen molar-refractivity contribution < 1.29 is 49.4 Å². The molecule has 3 atom stereocenters. The maximum Gasteiger partial charge on any atom is 0.416 e. The van der Waals surface area contributed by atoms with Gasteiger partial charge in [0.15, 0.2) is 0 Å². The summed E-state index contributed by atoms with van der Waals surface area (Å²) in [4.78, 5) is 12.9. The van der Waals surface area contributed by atoms with Crippen molar-refractivity contribution in [2.45, 2.75) is 62.7 Å². The Labute approximate surface area is 206 Å². The van der Waals surface area contributed by atoms with Crippen LogP contribution in [0.1, 0.15) is 66.4 Å². The van der Waals surface area contributed by atoms with Crippen LogP contribution in [0.5, 0.6) is 0 Å². The van der Waals surface area contributed by atoms with E-state index in [2.05, 4.69) is 0 Å². The lowest BCUT2D eigenvalue weighted by atomic mass is 9.82. The number of aliphatic carboxylic acids is 1. The van der Waals surface area contributed by atoms with Crippen molar-refractivity contribution in [1.29, 1.82) is 0 Å². The molecule has 3 rings (SSSR count). The van der Waals surface area contributed by atoms with Crippen LogP contribution in [0.3, 0.4) is 0 Å². The Hall–Kier alpha value is -2.76. The fourth-order valence-corrected chi connectivity index (χ4v) is 4.80. The van der Waals surface area contributed by atoms with Crippen molar-refractivity contribution in [3.63, 3.8) is 0 Å². The van der Waals surface area contributed by atoms with Crippen LogP contribution in [0.2, 0.25) is 0 Å². The SMILES string of the molecule is O=C(O)C[C@H]1CCN([C@H](CCC(F)(F)F)c2ccc(C(F)(F)F)cc2)[C@H](c2ccc(C(F)(F)F)cc2)C1. The lowest BCUT2D eigenvalue weighted by Gasteiger charge is -2.44. The monoisotopic (exact) mass is 541 g/mol. The average Bonchev–Trinajstić information content (AvgIpc) is 2.78. The van der Waals surface area contributed by atoms with E-state index in [0.29, 0.717) is 12.0 Å². The molecule has 1 fully saturated rings. The van der Waals surface area contributed by atoms with Crippen LogP contribution in [0.15, 0.2) is 48.5 Å².